The van der Waals surface area contributed by atoms with Gasteiger partial charge in [0.1, 0.15) is 11.2 Å². The first-order valence-electron chi connectivity index (χ1n) is 3.76. The minimum atomic E-state index is -0.993. The maximum absolute atomic E-state index is 13.0. The third-order valence-electron chi connectivity index (χ3n) is 1.83. The summed E-state index contributed by atoms with van der Waals surface area (Å²) in [6.45, 7) is 1.44. The molecule has 6 heteroatoms. The topological polar surface area (TPSA) is 71.8 Å². The van der Waals surface area contributed by atoms with Crippen LogP contribution in [-0.2, 0) is 9.59 Å². The molecule has 1 aliphatic rings. The molecule has 0 unspecified atom stereocenters. The summed E-state index contributed by atoms with van der Waals surface area (Å²) in [5.74, 6) is -2.55. The summed E-state index contributed by atoms with van der Waals surface area (Å²) in [7, 11) is 0. The molecule has 0 aromatic carbocycles. The van der Waals surface area contributed by atoms with Gasteiger partial charge in [-0.2, -0.15) is 4.99 Å². The lowest BCUT2D eigenvalue weighted by molar-refractivity contribution is -0.135. The summed E-state index contributed by atoms with van der Waals surface area (Å²) in [6.07, 6.45) is 0.941. The molecular weight excluding hydrogens is 189 g/mol. The first-order valence-corrected chi connectivity index (χ1v) is 3.76. The van der Waals surface area contributed by atoms with E-state index in [0.29, 0.717) is 0 Å². The highest BCUT2D eigenvalue weighted by Gasteiger charge is 2.17. The van der Waals surface area contributed by atoms with Crippen LogP contribution >= 0.6 is 0 Å². The smallest absolute Gasteiger partial charge is 0.261 e. The Labute approximate surface area is 77.0 Å². The van der Waals surface area contributed by atoms with Crippen LogP contribution in [0, 0.1) is 12.7 Å². The SMILES string of the molecule is Cc1c(F)cnc2c1=NC(=O)C(=O)N=2. The zero-order valence-corrected chi connectivity index (χ0v) is 7.11. The second kappa shape index (κ2) is 2.76. The fourth-order valence-corrected chi connectivity index (χ4v) is 1.07. The van der Waals surface area contributed by atoms with E-state index in [1.807, 2.05) is 0 Å². The standard InChI is InChI=1S/C8H4FN3O2/c1-3-4(9)2-10-6-5(3)11-7(13)8(14)12-6/h2H,1H3. The Balaban J connectivity index is 2.93. The van der Waals surface area contributed by atoms with Gasteiger partial charge in [0.05, 0.1) is 6.20 Å². The normalized spacial score (nSPS) is 14.4. The Morgan fingerprint density at radius 1 is 1.21 bits per heavy atom. The molecule has 1 aromatic heterocycles. The molecule has 0 fully saturated rings. The summed E-state index contributed by atoms with van der Waals surface area (Å²) in [4.78, 5) is 32.0. The van der Waals surface area contributed by atoms with Crippen molar-refractivity contribution in [3.63, 3.8) is 0 Å². The number of rotatable bonds is 0. The number of hydrogen-bond acceptors (Lipinski definition) is 3. The van der Waals surface area contributed by atoms with Crippen LogP contribution in [0.25, 0.3) is 0 Å². The van der Waals surface area contributed by atoms with Gasteiger partial charge in [-0.05, 0) is 6.92 Å². The average molecular weight is 193 g/mol. The van der Waals surface area contributed by atoms with Crippen LogP contribution in [0.5, 0.6) is 0 Å². The molecule has 0 bridgehead atoms. The van der Waals surface area contributed by atoms with Gasteiger partial charge in [-0.3, -0.25) is 9.59 Å². The van der Waals surface area contributed by atoms with Gasteiger partial charge in [-0.15, -0.1) is 0 Å². The van der Waals surface area contributed by atoms with E-state index >= 15 is 0 Å². The highest BCUT2D eigenvalue weighted by atomic mass is 19.1. The van der Waals surface area contributed by atoms with E-state index in [-0.39, 0.29) is 16.4 Å². The van der Waals surface area contributed by atoms with Gasteiger partial charge in [0.2, 0.25) is 0 Å². The van der Waals surface area contributed by atoms with Crippen molar-refractivity contribution in [1.82, 2.24) is 4.98 Å². The molecule has 0 saturated heterocycles. The molecule has 14 heavy (non-hydrogen) atoms. The van der Waals surface area contributed by atoms with E-state index in [1.54, 1.807) is 0 Å². The first kappa shape index (κ1) is 8.61. The third kappa shape index (κ3) is 1.12. The molecule has 0 spiro atoms. The van der Waals surface area contributed by atoms with Gasteiger partial charge in [-0.1, -0.05) is 0 Å². The number of carbonyl (C=O) groups excluding carboxylic acids is 2. The second-order valence-corrected chi connectivity index (χ2v) is 2.74. The highest BCUT2D eigenvalue weighted by molar-refractivity contribution is 6.36. The van der Waals surface area contributed by atoms with Crippen LogP contribution in [0.2, 0.25) is 0 Å². The summed E-state index contributed by atoms with van der Waals surface area (Å²) in [6, 6.07) is 0. The molecule has 70 valence electrons. The van der Waals surface area contributed by atoms with Crippen LogP contribution < -0.4 is 10.8 Å². The van der Waals surface area contributed by atoms with Gasteiger partial charge < -0.3 is 0 Å². The number of carbonyl (C=O) groups is 2. The average Bonchev–Trinajstić information content (AvgIpc) is 2.15. The largest absolute Gasteiger partial charge is 0.339 e. The van der Waals surface area contributed by atoms with E-state index in [1.165, 1.54) is 6.92 Å². The number of fused-ring (bicyclic) bond motifs is 1. The van der Waals surface area contributed by atoms with Crippen molar-refractivity contribution in [2.75, 3.05) is 0 Å². The van der Waals surface area contributed by atoms with Crippen molar-refractivity contribution in [2.45, 2.75) is 6.92 Å². The van der Waals surface area contributed by atoms with Crippen molar-refractivity contribution >= 4 is 11.8 Å². The number of aromatic nitrogens is 1. The molecule has 5 nitrogen and oxygen atoms in total. The van der Waals surface area contributed by atoms with Crippen LogP contribution in [-0.4, -0.2) is 16.8 Å². The molecule has 0 N–H and O–H groups in total. The minimum Gasteiger partial charge on any atom is -0.261 e. The molecule has 2 amide bonds. The summed E-state index contributed by atoms with van der Waals surface area (Å²) in [5, 5.41) is 0.0367. The quantitative estimate of drug-likeness (QED) is 0.487. The molecule has 0 atom stereocenters. The number of halogens is 1. The van der Waals surface area contributed by atoms with E-state index in [0.717, 1.165) is 6.20 Å². The van der Waals surface area contributed by atoms with Gasteiger partial charge in [0, 0.05) is 5.56 Å². The van der Waals surface area contributed by atoms with Crippen LogP contribution in [0.1, 0.15) is 5.56 Å². The first-order chi connectivity index (χ1) is 6.59. The molecular formula is C8H4FN3O2. The lowest BCUT2D eigenvalue weighted by atomic mass is 10.2. The number of hydrogen-bond donors (Lipinski definition) is 0. The van der Waals surface area contributed by atoms with Crippen molar-refractivity contribution in [2.24, 2.45) is 9.98 Å². The molecule has 0 aliphatic carbocycles. The number of nitrogens with zero attached hydrogens (tertiary/aromatic N) is 3. The van der Waals surface area contributed by atoms with E-state index in [9.17, 15) is 14.0 Å². The Hall–Kier alpha value is -1.98. The molecule has 2 rings (SSSR count). The lowest BCUT2D eigenvalue weighted by Gasteiger charge is -1.99. The fourth-order valence-electron chi connectivity index (χ4n) is 1.07. The Morgan fingerprint density at radius 2 is 1.86 bits per heavy atom. The molecule has 0 radical (unpaired) electrons. The third-order valence-corrected chi connectivity index (χ3v) is 1.83. The number of amides is 2. The summed E-state index contributed by atoms with van der Waals surface area (Å²) >= 11 is 0. The Morgan fingerprint density at radius 3 is 2.57 bits per heavy atom. The lowest BCUT2D eigenvalue weighted by Crippen LogP contribution is -2.39. The summed E-state index contributed by atoms with van der Waals surface area (Å²) < 4.78 is 13.0. The van der Waals surface area contributed by atoms with Crippen LogP contribution in [0.15, 0.2) is 16.2 Å². The maximum atomic E-state index is 13.0. The fraction of sp³-hybridized carbons (Fsp3) is 0.125. The van der Waals surface area contributed by atoms with E-state index in [4.69, 9.17) is 0 Å². The maximum Gasteiger partial charge on any atom is 0.339 e. The number of pyridine rings is 1. The molecule has 1 aliphatic heterocycles. The molecule has 0 saturated carbocycles. The minimum absolute atomic E-state index is 0.00602. The predicted octanol–water partition coefficient (Wildman–Crippen LogP) is -1.16. The second-order valence-electron chi connectivity index (χ2n) is 2.74. The summed E-state index contributed by atoms with van der Waals surface area (Å²) in [5.41, 5.74) is 0.160. The Kier molecular flexibility index (Phi) is 1.70. The van der Waals surface area contributed by atoms with Crippen LogP contribution in [0.4, 0.5) is 4.39 Å². The van der Waals surface area contributed by atoms with Gasteiger partial charge in [0.15, 0.2) is 5.49 Å². The van der Waals surface area contributed by atoms with Gasteiger partial charge in [-0.25, -0.2) is 14.4 Å². The highest BCUT2D eigenvalue weighted by Crippen LogP contribution is 1.95. The van der Waals surface area contributed by atoms with Crippen molar-refractivity contribution in [3.05, 3.63) is 28.4 Å². The van der Waals surface area contributed by atoms with Crippen molar-refractivity contribution in [1.29, 1.82) is 0 Å². The monoisotopic (exact) mass is 193 g/mol. The van der Waals surface area contributed by atoms with Gasteiger partial charge in [0.25, 0.3) is 0 Å². The van der Waals surface area contributed by atoms with Crippen molar-refractivity contribution in [3.8, 4) is 0 Å². The predicted molar refractivity (Wildman–Crippen MR) is 41.3 cm³/mol. The zero-order chi connectivity index (χ0) is 10.3. The molecule has 1 aromatic rings. The zero-order valence-electron chi connectivity index (χ0n) is 7.11. The van der Waals surface area contributed by atoms with Crippen molar-refractivity contribution < 1.29 is 14.0 Å². The Bertz CT molecular complexity index is 565. The molecule has 2 heterocycles. The van der Waals surface area contributed by atoms with E-state index < -0.39 is 17.6 Å². The van der Waals surface area contributed by atoms with E-state index in [2.05, 4.69) is 15.0 Å². The van der Waals surface area contributed by atoms with Gasteiger partial charge >= 0.3 is 11.8 Å². The van der Waals surface area contributed by atoms with Crippen LogP contribution in [0.3, 0.4) is 0 Å².